The summed E-state index contributed by atoms with van der Waals surface area (Å²) in [6.07, 6.45) is 1.06. The number of anilines is 2. The van der Waals surface area contributed by atoms with E-state index in [-0.39, 0.29) is 0 Å². The first-order chi connectivity index (χ1) is 10.5. The molecule has 2 aromatic carbocycles. The molecule has 116 valence electrons. The zero-order valence-electron chi connectivity index (χ0n) is 14.4. The molecular formula is C20H26N2. The fourth-order valence-corrected chi connectivity index (χ4v) is 3.58. The SMILES string of the molecule is CCN(CC)c1ccc2c(c1)-c1cc(C)c(N(C)C)cc1C2. The summed E-state index contributed by atoms with van der Waals surface area (Å²) in [6.45, 7) is 8.76. The molecular weight excluding hydrogens is 268 g/mol. The average Bonchev–Trinajstić information content (AvgIpc) is 2.85. The van der Waals surface area contributed by atoms with E-state index in [1.54, 1.807) is 0 Å². The lowest BCUT2D eigenvalue weighted by atomic mass is 10.0. The Labute approximate surface area is 134 Å². The molecule has 3 rings (SSSR count). The first-order valence-electron chi connectivity index (χ1n) is 8.24. The average molecular weight is 294 g/mol. The smallest absolute Gasteiger partial charge is 0.0394 e. The third kappa shape index (κ3) is 2.37. The molecule has 2 aromatic rings. The van der Waals surface area contributed by atoms with Crippen LogP contribution in [-0.4, -0.2) is 27.2 Å². The molecule has 1 aliphatic rings. The van der Waals surface area contributed by atoms with E-state index in [1.165, 1.54) is 39.2 Å². The molecule has 0 fully saturated rings. The van der Waals surface area contributed by atoms with Crippen molar-refractivity contribution in [1.29, 1.82) is 0 Å². The first-order valence-corrected chi connectivity index (χ1v) is 8.24. The molecule has 0 atom stereocenters. The van der Waals surface area contributed by atoms with Crippen LogP contribution in [0.2, 0.25) is 0 Å². The molecule has 0 aromatic heterocycles. The highest BCUT2D eigenvalue weighted by Gasteiger charge is 2.21. The van der Waals surface area contributed by atoms with Crippen LogP contribution in [0.1, 0.15) is 30.5 Å². The maximum absolute atomic E-state index is 2.42. The minimum absolute atomic E-state index is 1.06. The summed E-state index contributed by atoms with van der Waals surface area (Å²) >= 11 is 0. The summed E-state index contributed by atoms with van der Waals surface area (Å²) in [7, 11) is 4.24. The summed E-state index contributed by atoms with van der Waals surface area (Å²) < 4.78 is 0. The van der Waals surface area contributed by atoms with Gasteiger partial charge in [0, 0.05) is 38.6 Å². The molecule has 0 saturated heterocycles. The minimum atomic E-state index is 1.06. The molecule has 0 bridgehead atoms. The molecule has 0 N–H and O–H groups in total. The number of benzene rings is 2. The second-order valence-electron chi connectivity index (χ2n) is 6.38. The van der Waals surface area contributed by atoms with Gasteiger partial charge in [-0.05, 0) is 79.3 Å². The minimum Gasteiger partial charge on any atom is -0.377 e. The van der Waals surface area contributed by atoms with Gasteiger partial charge in [-0.3, -0.25) is 0 Å². The molecule has 0 aliphatic heterocycles. The van der Waals surface area contributed by atoms with Crippen molar-refractivity contribution in [2.75, 3.05) is 37.0 Å². The van der Waals surface area contributed by atoms with Crippen molar-refractivity contribution in [2.45, 2.75) is 27.2 Å². The summed E-state index contributed by atoms with van der Waals surface area (Å²) in [5.41, 5.74) is 9.79. The molecule has 2 heteroatoms. The highest BCUT2D eigenvalue weighted by atomic mass is 15.1. The van der Waals surface area contributed by atoms with E-state index in [2.05, 4.69) is 75.0 Å². The Balaban J connectivity index is 2.08. The quantitative estimate of drug-likeness (QED) is 0.700. The van der Waals surface area contributed by atoms with Crippen molar-refractivity contribution in [3.8, 4) is 11.1 Å². The third-order valence-electron chi connectivity index (χ3n) is 4.80. The Morgan fingerprint density at radius 2 is 1.59 bits per heavy atom. The molecule has 0 heterocycles. The van der Waals surface area contributed by atoms with Crippen LogP contribution in [0, 0.1) is 6.92 Å². The van der Waals surface area contributed by atoms with Gasteiger partial charge in [0.05, 0.1) is 0 Å². The van der Waals surface area contributed by atoms with Crippen LogP contribution in [0.3, 0.4) is 0 Å². The van der Waals surface area contributed by atoms with Crippen molar-refractivity contribution in [3.63, 3.8) is 0 Å². The molecule has 2 nitrogen and oxygen atoms in total. The van der Waals surface area contributed by atoms with Gasteiger partial charge in [-0.1, -0.05) is 6.07 Å². The predicted octanol–water partition coefficient (Wildman–Crippen LogP) is 4.48. The number of rotatable bonds is 4. The number of aryl methyl sites for hydroxylation is 1. The van der Waals surface area contributed by atoms with Gasteiger partial charge in [-0.15, -0.1) is 0 Å². The van der Waals surface area contributed by atoms with Crippen LogP contribution in [0.4, 0.5) is 11.4 Å². The largest absolute Gasteiger partial charge is 0.377 e. The predicted molar refractivity (Wildman–Crippen MR) is 97.3 cm³/mol. The van der Waals surface area contributed by atoms with E-state index in [0.717, 1.165) is 19.5 Å². The van der Waals surface area contributed by atoms with Gasteiger partial charge in [0.25, 0.3) is 0 Å². The van der Waals surface area contributed by atoms with Crippen LogP contribution in [0.15, 0.2) is 30.3 Å². The van der Waals surface area contributed by atoms with Crippen molar-refractivity contribution < 1.29 is 0 Å². The van der Waals surface area contributed by atoms with Gasteiger partial charge in [0.15, 0.2) is 0 Å². The number of hydrogen-bond donors (Lipinski definition) is 0. The Bertz CT molecular complexity index is 697. The number of nitrogens with zero attached hydrogens (tertiary/aromatic N) is 2. The van der Waals surface area contributed by atoms with E-state index >= 15 is 0 Å². The molecule has 22 heavy (non-hydrogen) atoms. The first kappa shape index (κ1) is 15.0. The highest BCUT2D eigenvalue weighted by Crippen LogP contribution is 2.41. The third-order valence-corrected chi connectivity index (χ3v) is 4.80. The molecule has 0 radical (unpaired) electrons. The van der Waals surface area contributed by atoms with Gasteiger partial charge in [0.2, 0.25) is 0 Å². The van der Waals surface area contributed by atoms with Crippen LogP contribution in [0.25, 0.3) is 11.1 Å². The summed E-state index contributed by atoms with van der Waals surface area (Å²) in [4.78, 5) is 4.62. The van der Waals surface area contributed by atoms with Gasteiger partial charge in [-0.25, -0.2) is 0 Å². The molecule has 0 unspecified atom stereocenters. The summed E-state index contributed by atoms with van der Waals surface area (Å²) in [5.74, 6) is 0. The fraction of sp³-hybridized carbons (Fsp3) is 0.400. The Kier molecular flexibility index (Phi) is 3.86. The fourth-order valence-electron chi connectivity index (χ4n) is 3.58. The molecule has 0 spiro atoms. The lowest BCUT2D eigenvalue weighted by Gasteiger charge is -2.22. The highest BCUT2D eigenvalue weighted by molar-refractivity contribution is 5.82. The summed E-state index contributed by atoms with van der Waals surface area (Å²) in [5, 5.41) is 0. The lowest BCUT2D eigenvalue weighted by molar-refractivity contribution is 0.866. The molecule has 1 aliphatic carbocycles. The van der Waals surface area contributed by atoms with Crippen molar-refractivity contribution in [2.24, 2.45) is 0 Å². The standard InChI is InChI=1S/C20H26N2/c1-6-22(7-2)17-9-8-15-11-16-12-20(21(4)5)14(3)10-18(16)19(15)13-17/h8-10,12-13H,6-7,11H2,1-5H3. The topological polar surface area (TPSA) is 6.48 Å². The van der Waals surface area contributed by atoms with Gasteiger partial charge in [0.1, 0.15) is 0 Å². The van der Waals surface area contributed by atoms with E-state index in [9.17, 15) is 0 Å². The zero-order chi connectivity index (χ0) is 15.9. The van der Waals surface area contributed by atoms with Gasteiger partial charge >= 0.3 is 0 Å². The van der Waals surface area contributed by atoms with Gasteiger partial charge < -0.3 is 9.80 Å². The zero-order valence-corrected chi connectivity index (χ0v) is 14.4. The number of hydrogen-bond acceptors (Lipinski definition) is 2. The van der Waals surface area contributed by atoms with E-state index < -0.39 is 0 Å². The Morgan fingerprint density at radius 3 is 2.23 bits per heavy atom. The maximum atomic E-state index is 2.42. The van der Waals surface area contributed by atoms with Crippen LogP contribution >= 0.6 is 0 Å². The van der Waals surface area contributed by atoms with Crippen LogP contribution < -0.4 is 9.80 Å². The van der Waals surface area contributed by atoms with Crippen LogP contribution in [-0.2, 0) is 6.42 Å². The van der Waals surface area contributed by atoms with E-state index in [0.29, 0.717) is 0 Å². The van der Waals surface area contributed by atoms with E-state index in [1.807, 2.05) is 0 Å². The van der Waals surface area contributed by atoms with Crippen molar-refractivity contribution in [3.05, 3.63) is 47.0 Å². The maximum Gasteiger partial charge on any atom is 0.0394 e. The van der Waals surface area contributed by atoms with E-state index in [4.69, 9.17) is 0 Å². The monoisotopic (exact) mass is 294 g/mol. The van der Waals surface area contributed by atoms with Crippen molar-refractivity contribution in [1.82, 2.24) is 0 Å². The molecule has 0 amide bonds. The second kappa shape index (κ2) is 5.68. The Morgan fingerprint density at radius 1 is 0.909 bits per heavy atom. The van der Waals surface area contributed by atoms with Crippen molar-refractivity contribution >= 4 is 11.4 Å². The number of fused-ring (bicyclic) bond motifs is 3. The Hall–Kier alpha value is -1.96. The normalized spacial score (nSPS) is 12.0. The second-order valence-corrected chi connectivity index (χ2v) is 6.38. The lowest BCUT2D eigenvalue weighted by Crippen LogP contribution is -2.21. The molecule has 0 saturated carbocycles. The van der Waals surface area contributed by atoms with Crippen LogP contribution in [0.5, 0.6) is 0 Å². The summed E-state index contributed by atoms with van der Waals surface area (Å²) in [6, 6.07) is 11.7. The van der Waals surface area contributed by atoms with Gasteiger partial charge in [-0.2, -0.15) is 0 Å².